The monoisotopic (exact) mass is 344 g/mol. The molecule has 0 saturated carbocycles. The smallest absolute Gasteiger partial charge is 0.269 e. The highest BCUT2D eigenvalue weighted by atomic mass is 19.1. The van der Waals surface area contributed by atoms with Crippen LogP contribution in [0.1, 0.15) is 16.1 Å². The van der Waals surface area contributed by atoms with Gasteiger partial charge < -0.3 is 16.0 Å². The van der Waals surface area contributed by atoms with E-state index < -0.39 is 11.9 Å². The van der Waals surface area contributed by atoms with Crippen LogP contribution in [-0.2, 0) is 6.54 Å². The van der Waals surface area contributed by atoms with E-state index in [0.29, 0.717) is 24.6 Å². The standard InChI is InChI=1S/C17H21FN6O/c1-20-17(25)13-2-3-14(16(18)22-13)24-8-6-23(7-9-24)11-12-4-5-21-15(19)10-12/h2-5,10H,6-9,11H2,1H3,(H2,19,21)(H,20,25). The molecule has 0 atom stereocenters. The zero-order valence-corrected chi connectivity index (χ0v) is 14.1. The van der Waals surface area contributed by atoms with Gasteiger partial charge in [0, 0.05) is 46.0 Å². The summed E-state index contributed by atoms with van der Waals surface area (Å²) in [6, 6.07) is 6.98. The highest BCUT2D eigenvalue weighted by Gasteiger charge is 2.21. The summed E-state index contributed by atoms with van der Waals surface area (Å²) in [5.74, 6) is -0.496. The minimum Gasteiger partial charge on any atom is -0.384 e. The molecule has 0 aromatic carbocycles. The van der Waals surface area contributed by atoms with Crippen LogP contribution in [0.5, 0.6) is 0 Å². The Bertz CT molecular complexity index is 761. The minimum absolute atomic E-state index is 0.0812. The largest absolute Gasteiger partial charge is 0.384 e. The molecule has 2 aromatic rings. The zero-order valence-electron chi connectivity index (χ0n) is 14.1. The van der Waals surface area contributed by atoms with Crippen LogP contribution in [0.15, 0.2) is 30.5 Å². The van der Waals surface area contributed by atoms with E-state index in [9.17, 15) is 9.18 Å². The molecule has 0 radical (unpaired) electrons. The molecule has 1 aliphatic rings. The molecule has 1 saturated heterocycles. The summed E-state index contributed by atoms with van der Waals surface area (Å²) < 4.78 is 14.3. The van der Waals surface area contributed by atoms with Crippen LogP contribution in [0.2, 0.25) is 0 Å². The lowest BCUT2D eigenvalue weighted by molar-refractivity contribution is 0.0957. The number of carbonyl (C=O) groups is 1. The Labute approximate surface area is 145 Å². The Morgan fingerprint density at radius 2 is 2.04 bits per heavy atom. The van der Waals surface area contributed by atoms with Crippen LogP contribution >= 0.6 is 0 Å². The second-order valence-electron chi connectivity index (χ2n) is 5.94. The Kier molecular flexibility index (Phi) is 5.08. The third kappa shape index (κ3) is 4.03. The van der Waals surface area contributed by atoms with Crippen LogP contribution in [0, 0.1) is 5.95 Å². The first kappa shape index (κ1) is 17.1. The van der Waals surface area contributed by atoms with Gasteiger partial charge in [0.2, 0.25) is 5.95 Å². The molecule has 1 fully saturated rings. The number of piperazine rings is 1. The number of nitrogens with one attached hydrogen (secondary N) is 1. The van der Waals surface area contributed by atoms with E-state index in [4.69, 9.17) is 5.73 Å². The van der Waals surface area contributed by atoms with Gasteiger partial charge in [0.05, 0.1) is 5.69 Å². The topological polar surface area (TPSA) is 87.4 Å². The third-order valence-corrected chi connectivity index (χ3v) is 4.25. The Balaban J connectivity index is 1.61. The van der Waals surface area contributed by atoms with Crippen LogP contribution in [0.4, 0.5) is 15.9 Å². The van der Waals surface area contributed by atoms with Gasteiger partial charge in [0.15, 0.2) is 0 Å². The molecule has 0 bridgehead atoms. The highest BCUT2D eigenvalue weighted by Crippen LogP contribution is 2.20. The fourth-order valence-electron chi connectivity index (χ4n) is 2.92. The van der Waals surface area contributed by atoms with E-state index in [0.717, 1.165) is 25.2 Å². The average Bonchev–Trinajstić information content (AvgIpc) is 2.62. The number of carbonyl (C=O) groups excluding carboxylic acids is 1. The van der Waals surface area contributed by atoms with E-state index in [1.165, 1.54) is 7.05 Å². The molecule has 1 aliphatic heterocycles. The van der Waals surface area contributed by atoms with E-state index in [2.05, 4.69) is 20.2 Å². The first-order valence-corrected chi connectivity index (χ1v) is 8.13. The molecule has 1 amide bonds. The number of halogens is 1. The molecule has 0 aliphatic carbocycles. The molecule has 2 aromatic heterocycles. The number of amides is 1. The Morgan fingerprint density at radius 1 is 1.28 bits per heavy atom. The van der Waals surface area contributed by atoms with E-state index in [-0.39, 0.29) is 5.69 Å². The minimum atomic E-state index is -0.614. The summed E-state index contributed by atoms with van der Waals surface area (Å²) in [5.41, 5.74) is 7.33. The number of nitrogens with zero attached hydrogens (tertiary/aromatic N) is 4. The normalized spacial score (nSPS) is 15.2. The van der Waals surface area contributed by atoms with Crippen molar-refractivity contribution < 1.29 is 9.18 Å². The summed E-state index contributed by atoms with van der Waals surface area (Å²) in [6.07, 6.45) is 1.70. The van der Waals surface area contributed by atoms with Crippen molar-refractivity contribution in [2.24, 2.45) is 0 Å². The van der Waals surface area contributed by atoms with Crippen molar-refractivity contribution in [3.8, 4) is 0 Å². The van der Waals surface area contributed by atoms with Gasteiger partial charge in [-0.1, -0.05) is 0 Å². The molecule has 3 heterocycles. The molecule has 7 nitrogen and oxygen atoms in total. The SMILES string of the molecule is CNC(=O)c1ccc(N2CCN(Cc3ccnc(N)c3)CC2)c(F)n1. The van der Waals surface area contributed by atoms with Crippen molar-refractivity contribution in [3.05, 3.63) is 47.7 Å². The number of aromatic nitrogens is 2. The fraction of sp³-hybridized carbons (Fsp3) is 0.353. The second-order valence-corrected chi connectivity index (χ2v) is 5.94. The lowest BCUT2D eigenvalue weighted by Gasteiger charge is -2.36. The maximum absolute atomic E-state index is 14.3. The van der Waals surface area contributed by atoms with Crippen molar-refractivity contribution in [3.63, 3.8) is 0 Å². The number of hydrogen-bond donors (Lipinski definition) is 2. The molecule has 3 N–H and O–H groups in total. The summed E-state index contributed by atoms with van der Waals surface area (Å²) >= 11 is 0. The van der Waals surface area contributed by atoms with Gasteiger partial charge in [-0.15, -0.1) is 0 Å². The van der Waals surface area contributed by atoms with Crippen molar-refractivity contribution in [1.82, 2.24) is 20.2 Å². The predicted molar refractivity (Wildman–Crippen MR) is 93.7 cm³/mol. The van der Waals surface area contributed by atoms with E-state index in [1.807, 2.05) is 17.0 Å². The molecule has 0 spiro atoms. The average molecular weight is 344 g/mol. The quantitative estimate of drug-likeness (QED) is 0.801. The number of hydrogen-bond acceptors (Lipinski definition) is 6. The first-order chi connectivity index (χ1) is 12.1. The van der Waals surface area contributed by atoms with Gasteiger partial charge in [-0.2, -0.15) is 4.39 Å². The molecule has 132 valence electrons. The third-order valence-electron chi connectivity index (χ3n) is 4.25. The van der Waals surface area contributed by atoms with Gasteiger partial charge in [-0.25, -0.2) is 9.97 Å². The molecular weight excluding hydrogens is 323 g/mol. The van der Waals surface area contributed by atoms with Crippen molar-refractivity contribution >= 4 is 17.4 Å². The lowest BCUT2D eigenvalue weighted by atomic mass is 10.2. The van der Waals surface area contributed by atoms with Crippen LogP contribution in [-0.4, -0.2) is 54.0 Å². The lowest BCUT2D eigenvalue weighted by Crippen LogP contribution is -2.46. The Hall–Kier alpha value is -2.74. The predicted octanol–water partition coefficient (Wildman–Crippen LogP) is 0.880. The number of nitrogens with two attached hydrogens (primary N) is 1. The molecule has 8 heteroatoms. The second kappa shape index (κ2) is 7.43. The van der Waals surface area contributed by atoms with Gasteiger partial charge in [0.1, 0.15) is 11.5 Å². The number of rotatable bonds is 4. The molecule has 3 rings (SSSR count). The van der Waals surface area contributed by atoms with Crippen molar-refractivity contribution in [2.45, 2.75) is 6.54 Å². The fourth-order valence-corrected chi connectivity index (χ4v) is 2.92. The van der Waals surface area contributed by atoms with Crippen LogP contribution in [0.3, 0.4) is 0 Å². The van der Waals surface area contributed by atoms with Gasteiger partial charge in [-0.3, -0.25) is 9.69 Å². The van der Waals surface area contributed by atoms with Gasteiger partial charge >= 0.3 is 0 Å². The first-order valence-electron chi connectivity index (χ1n) is 8.13. The zero-order chi connectivity index (χ0) is 17.8. The highest BCUT2D eigenvalue weighted by molar-refractivity contribution is 5.92. The van der Waals surface area contributed by atoms with Crippen molar-refractivity contribution in [1.29, 1.82) is 0 Å². The summed E-state index contributed by atoms with van der Waals surface area (Å²) in [5, 5.41) is 2.44. The van der Waals surface area contributed by atoms with E-state index in [1.54, 1.807) is 18.3 Å². The maximum atomic E-state index is 14.3. The maximum Gasteiger partial charge on any atom is 0.269 e. The van der Waals surface area contributed by atoms with E-state index >= 15 is 0 Å². The molecular formula is C17H21FN6O. The number of anilines is 2. The van der Waals surface area contributed by atoms with Crippen LogP contribution in [0.25, 0.3) is 0 Å². The molecule has 0 unspecified atom stereocenters. The number of nitrogen functional groups attached to an aromatic ring is 1. The van der Waals surface area contributed by atoms with Crippen LogP contribution < -0.4 is 16.0 Å². The summed E-state index contributed by atoms with van der Waals surface area (Å²) in [6.45, 7) is 3.78. The van der Waals surface area contributed by atoms with Gasteiger partial charge in [0.25, 0.3) is 5.91 Å². The molecule has 25 heavy (non-hydrogen) atoms. The Morgan fingerprint density at radius 3 is 2.68 bits per heavy atom. The summed E-state index contributed by atoms with van der Waals surface area (Å²) in [7, 11) is 1.49. The van der Waals surface area contributed by atoms with Gasteiger partial charge in [-0.05, 0) is 29.8 Å². The summed E-state index contributed by atoms with van der Waals surface area (Å²) in [4.78, 5) is 23.5. The number of pyridine rings is 2. The van der Waals surface area contributed by atoms with Crippen molar-refractivity contribution in [2.75, 3.05) is 43.9 Å².